The zero-order chi connectivity index (χ0) is 13.7. The van der Waals surface area contributed by atoms with Gasteiger partial charge in [-0.05, 0) is 24.8 Å². The minimum absolute atomic E-state index is 0.125. The Labute approximate surface area is 115 Å². The van der Waals surface area contributed by atoms with E-state index in [2.05, 4.69) is 12.1 Å². The quantitative estimate of drug-likeness (QED) is 0.787. The van der Waals surface area contributed by atoms with Crippen molar-refractivity contribution in [3.05, 3.63) is 35.9 Å². The Bertz CT molecular complexity index is 400. The van der Waals surface area contributed by atoms with Crippen molar-refractivity contribution in [3.8, 4) is 0 Å². The first-order valence-corrected chi connectivity index (χ1v) is 7.02. The highest BCUT2D eigenvalue weighted by atomic mass is 16.5. The molecule has 104 valence electrons. The number of methoxy groups -OCH3 is 1. The van der Waals surface area contributed by atoms with Crippen LogP contribution < -0.4 is 0 Å². The number of hydrogen-bond donors (Lipinski definition) is 0. The van der Waals surface area contributed by atoms with Crippen LogP contribution in [0.15, 0.2) is 30.3 Å². The summed E-state index contributed by atoms with van der Waals surface area (Å²) in [6.45, 7) is 0.587. The Balaban J connectivity index is 1.99. The number of ether oxygens (including phenoxy) is 1. The minimum atomic E-state index is 0.125. The van der Waals surface area contributed by atoms with E-state index in [1.807, 2.05) is 30.1 Å². The van der Waals surface area contributed by atoms with Crippen molar-refractivity contribution in [2.75, 3.05) is 20.8 Å². The summed E-state index contributed by atoms with van der Waals surface area (Å²) in [6, 6.07) is 10.4. The Morgan fingerprint density at radius 2 is 2.05 bits per heavy atom. The Hall–Kier alpha value is -1.35. The maximum absolute atomic E-state index is 12.3. The summed E-state index contributed by atoms with van der Waals surface area (Å²) in [6.07, 6.45) is 4.14. The van der Waals surface area contributed by atoms with E-state index < -0.39 is 0 Å². The van der Waals surface area contributed by atoms with Gasteiger partial charge in [-0.2, -0.15) is 0 Å². The zero-order valence-electron chi connectivity index (χ0n) is 11.8. The molecule has 1 amide bonds. The van der Waals surface area contributed by atoms with Crippen LogP contribution >= 0.6 is 0 Å². The predicted octanol–water partition coefficient (Wildman–Crippen LogP) is 2.50. The first-order valence-electron chi connectivity index (χ1n) is 7.02. The zero-order valence-corrected chi connectivity index (χ0v) is 11.8. The van der Waals surface area contributed by atoms with Gasteiger partial charge in [0.05, 0.1) is 12.6 Å². The molecule has 1 saturated carbocycles. The summed E-state index contributed by atoms with van der Waals surface area (Å²) >= 11 is 0. The van der Waals surface area contributed by atoms with Crippen LogP contribution in [0.4, 0.5) is 0 Å². The molecule has 0 radical (unpaired) electrons. The molecule has 3 heteroatoms. The standard InChI is InChI=1S/C16H23NO2/c1-17(16(18)14-9-6-10-14)15(12-19-2)11-13-7-4-3-5-8-13/h3-5,7-8,14-15H,6,9-12H2,1-2H3/t15-/m0/s1. The van der Waals surface area contributed by atoms with Gasteiger partial charge >= 0.3 is 0 Å². The highest BCUT2D eigenvalue weighted by molar-refractivity contribution is 5.79. The molecular formula is C16H23NO2. The van der Waals surface area contributed by atoms with Gasteiger partial charge in [-0.15, -0.1) is 0 Å². The van der Waals surface area contributed by atoms with Crippen LogP contribution in [0.25, 0.3) is 0 Å². The summed E-state index contributed by atoms with van der Waals surface area (Å²) in [5, 5.41) is 0. The third-order valence-electron chi connectivity index (χ3n) is 4.02. The van der Waals surface area contributed by atoms with E-state index in [1.165, 1.54) is 12.0 Å². The summed E-state index contributed by atoms with van der Waals surface area (Å²) in [5.74, 6) is 0.532. The third kappa shape index (κ3) is 3.57. The van der Waals surface area contributed by atoms with Crippen molar-refractivity contribution < 1.29 is 9.53 Å². The lowest BCUT2D eigenvalue weighted by molar-refractivity contribution is -0.140. The van der Waals surface area contributed by atoms with Crippen LogP contribution in [0.5, 0.6) is 0 Å². The van der Waals surface area contributed by atoms with E-state index in [9.17, 15) is 4.79 Å². The maximum atomic E-state index is 12.3. The van der Waals surface area contributed by atoms with Crippen molar-refractivity contribution >= 4 is 5.91 Å². The molecule has 1 aliphatic carbocycles. The minimum Gasteiger partial charge on any atom is -0.383 e. The average Bonchev–Trinajstić information content (AvgIpc) is 2.36. The molecule has 2 rings (SSSR count). The van der Waals surface area contributed by atoms with Gasteiger partial charge in [0.25, 0.3) is 0 Å². The molecule has 0 heterocycles. The molecule has 1 atom stereocenters. The molecule has 3 nitrogen and oxygen atoms in total. The lowest BCUT2D eigenvalue weighted by atomic mass is 9.84. The molecule has 1 aromatic carbocycles. The highest BCUT2D eigenvalue weighted by Gasteiger charge is 2.30. The number of carbonyl (C=O) groups excluding carboxylic acids is 1. The molecule has 0 bridgehead atoms. The second kappa shape index (κ2) is 6.71. The molecule has 1 aliphatic rings. The maximum Gasteiger partial charge on any atom is 0.225 e. The molecule has 0 unspecified atom stereocenters. The normalized spacial score (nSPS) is 16.7. The summed E-state index contributed by atoms with van der Waals surface area (Å²) in [5.41, 5.74) is 1.25. The van der Waals surface area contributed by atoms with Crippen LogP contribution in [-0.2, 0) is 16.0 Å². The Morgan fingerprint density at radius 1 is 1.37 bits per heavy atom. The van der Waals surface area contributed by atoms with Gasteiger partial charge in [-0.3, -0.25) is 4.79 Å². The summed E-state index contributed by atoms with van der Waals surface area (Å²) in [4.78, 5) is 14.2. The number of carbonyl (C=O) groups is 1. The number of amides is 1. The fourth-order valence-electron chi connectivity index (χ4n) is 2.51. The highest BCUT2D eigenvalue weighted by Crippen LogP contribution is 2.28. The topological polar surface area (TPSA) is 29.5 Å². The lowest BCUT2D eigenvalue weighted by Crippen LogP contribution is -2.45. The second-order valence-electron chi connectivity index (χ2n) is 5.38. The van der Waals surface area contributed by atoms with Gasteiger partial charge in [0.15, 0.2) is 0 Å². The van der Waals surface area contributed by atoms with Crippen molar-refractivity contribution in [3.63, 3.8) is 0 Å². The van der Waals surface area contributed by atoms with Crippen LogP contribution in [0.3, 0.4) is 0 Å². The van der Waals surface area contributed by atoms with Gasteiger partial charge in [0, 0.05) is 20.1 Å². The van der Waals surface area contributed by atoms with E-state index in [-0.39, 0.29) is 17.9 Å². The molecule has 0 N–H and O–H groups in total. The third-order valence-corrected chi connectivity index (χ3v) is 4.02. The van der Waals surface area contributed by atoms with E-state index in [0.717, 1.165) is 19.3 Å². The number of nitrogens with zero attached hydrogens (tertiary/aromatic N) is 1. The Morgan fingerprint density at radius 3 is 2.58 bits per heavy atom. The van der Waals surface area contributed by atoms with Crippen molar-refractivity contribution in [1.82, 2.24) is 4.90 Å². The smallest absolute Gasteiger partial charge is 0.225 e. The largest absolute Gasteiger partial charge is 0.383 e. The van der Waals surface area contributed by atoms with Crippen LogP contribution in [0.2, 0.25) is 0 Å². The molecular weight excluding hydrogens is 238 g/mol. The molecule has 1 fully saturated rings. The molecule has 1 aromatic rings. The number of rotatable bonds is 6. The van der Waals surface area contributed by atoms with Crippen LogP contribution in [-0.4, -0.2) is 37.6 Å². The summed E-state index contributed by atoms with van der Waals surface area (Å²) in [7, 11) is 3.60. The number of likely N-dealkylation sites (N-methyl/N-ethyl adjacent to an activating group) is 1. The second-order valence-corrected chi connectivity index (χ2v) is 5.38. The number of benzene rings is 1. The van der Waals surface area contributed by atoms with Crippen molar-refractivity contribution in [1.29, 1.82) is 0 Å². The van der Waals surface area contributed by atoms with E-state index in [1.54, 1.807) is 7.11 Å². The van der Waals surface area contributed by atoms with Gasteiger partial charge in [0.1, 0.15) is 0 Å². The molecule has 0 saturated heterocycles. The number of hydrogen-bond acceptors (Lipinski definition) is 2. The Kier molecular flexibility index (Phi) is 4.97. The van der Waals surface area contributed by atoms with E-state index in [0.29, 0.717) is 6.61 Å². The van der Waals surface area contributed by atoms with Crippen LogP contribution in [0.1, 0.15) is 24.8 Å². The average molecular weight is 261 g/mol. The molecule has 0 aromatic heterocycles. The van der Waals surface area contributed by atoms with Crippen molar-refractivity contribution in [2.24, 2.45) is 5.92 Å². The first-order chi connectivity index (χ1) is 9.22. The summed E-state index contributed by atoms with van der Waals surface area (Å²) < 4.78 is 5.28. The monoisotopic (exact) mass is 261 g/mol. The molecule has 0 spiro atoms. The molecule has 19 heavy (non-hydrogen) atoms. The van der Waals surface area contributed by atoms with Gasteiger partial charge < -0.3 is 9.64 Å². The SMILES string of the molecule is COC[C@H](Cc1ccccc1)N(C)C(=O)C1CCC1. The van der Waals surface area contributed by atoms with Crippen molar-refractivity contribution in [2.45, 2.75) is 31.7 Å². The first kappa shape index (κ1) is 14.1. The van der Waals surface area contributed by atoms with Crippen LogP contribution in [0, 0.1) is 5.92 Å². The predicted molar refractivity (Wildman–Crippen MR) is 75.9 cm³/mol. The fourth-order valence-corrected chi connectivity index (χ4v) is 2.51. The van der Waals surface area contributed by atoms with Gasteiger partial charge in [-0.1, -0.05) is 36.8 Å². The van der Waals surface area contributed by atoms with E-state index >= 15 is 0 Å². The molecule has 0 aliphatic heterocycles. The fraction of sp³-hybridized carbons (Fsp3) is 0.562. The van der Waals surface area contributed by atoms with Gasteiger partial charge in [0.2, 0.25) is 5.91 Å². The van der Waals surface area contributed by atoms with E-state index in [4.69, 9.17) is 4.74 Å². The van der Waals surface area contributed by atoms with Gasteiger partial charge in [-0.25, -0.2) is 0 Å². The lowest BCUT2D eigenvalue weighted by Gasteiger charge is -2.34.